The van der Waals surface area contributed by atoms with Crippen molar-refractivity contribution in [2.75, 3.05) is 0 Å². The third-order valence-corrected chi connectivity index (χ3v) is 2.37. The molecule has 0 heterocycles. The Bertz CT molecular complexity index is 389. The first kappa shape index (κ1) is 13.2. The van der Waals surface area contributed by atoms with Crippen LogP contribution >= 0.6 is 0 Å². The predicted octanol–water partition coefficient (Wildman–Crippen LogP) is 1.82. The number of hydrogen-bond donors (Lipinski definition) is 1. The van der Waals surface area contributed by atoms with E-state index < -0.39 is 12.1 Å². The standard InChI is InChI=1S/C13H17NO3/c1-9(12-7-5-4-6-8-12)14-13(16)10(2)17-11(3)15/h4-10H,1-3H3,(H,14,16)/t9-,10-/m1/s1. The van der Waals surface area contributed by atoms with Crippen LogP contribution < -0.4 is 5.32 Å². The molecule has 0 aromatic heterocycles. The number of carbonyl (C=O) groups is 2. The highest BCUT2D eigenvalue weighted by molar-refractivity contribution is 5.83. The molecule has 0 bridgehead atoms. The monoisotopic (exact) mass is 235 g/mol. The maximum absolute atomic E-state index is 11.7. The summed E-state index contributed by atoms with van der Waals surface area (Å²) in [6.45, 7) is 4.71. The largest absolute Gasteiger partial charge is 0.453 e. The smallest absolute Gasteiger partial charge is 0.303 e. The van der Waals surface area contributed by atoms with Crippen LogP contribution in [0.15, 0.2) is 30.3 Å². The molecule has 1 amide bonds. The van der Waals surface area contributed by atoms with E-state index in [1.54, 1.807) is 6.92 Å². The molecule has 4 nitrogen and oxygen atoms in total. The summed E-state index contributed by atoms with van der Waals surface area (Å²) in [5, 5.41) is 2.79. The fourth-order valence-electron chi connectivity index (χ4n) is 1.46. The summed E-state index contributed by atoms with van der Waals surface area (Å²) in [5.41, 5.74) is 1.01. The molecule has 0 unspecified atom stereocenters. The molecule has 0 spiro atoms. The average Bonchev–Trinajstić information content (AvgIpc) is 2.29. The van der Waals surface area contributed by atoms with E-state index in [4.69, 9.17) is 4.74 Å². The Morgan fingerprint density at radius 2 is 1.76 bits per heavy atom. The van der Waals surface area contributed by atoms with Crippen LogP contribution in [0.25, 0.3) is 0 Å². The topological polar surface area (TPSA) is 55.4 Å². The molecule has 0 fully saturated rings. The van der Waals surface area contributed by atoms with Crippen LogP contribution in [0.5, 0.6) is 0 Å². The zero-order valence-corrected chi connectivity index (χ0v) is 10.3. The molecule has 0 saturated heterocycles. The van der Waals surface area contributed by atoms with Gasteiger partial charge in [-0.15, -0.1) is 0 Å². The molecule has 4 heteroatoms. The van der Waals surface area contributed by atoms with Gasteiger partial charge in [-0.05, 0) is 19.4 Å². The van der Waals surface area contributed by atoms with Crippen molar-refractivity contribution >= 4 is 11.9 Å². The van der Waals surface area contributed by atoms with Crippen LogP contribution in [0.3, 0.4) is 0 Å². The second-order valence-electron chi connectivity index (χ2n) is 3.89. The lowest BCUT2D eigenvalue weighted by atomic mass is 10.1. The third kappa shape index (κ3) is 4.26. The van der Waals surface area contributed by atoms with Crippen molar-refractivity contribution in [3.63, 3.8) is 0 Å². The third-order valence-electron chi connectivity index (χ3n) is 2.37. The summed E-state index contributed by atoms with van der Waals surface area (Å²) in [5.74, 6) is -0.753. The highest BCUT2D eigenvalue weighted by Crippen LogP contribution is 2.11. The highest BCUT2D eigenvalue weighted by Gasteiger charge is 2.18. The van der Waals surface area contributed by atoms with Crippen LogP contribution in [0.2, 0.25) is 0 Å². The summed E-state index contributed by atoms with van der Waals surface area (Å²) < 4.78 is 4.80. The van der Waals surface area contributed by atoms with Gasteiger partial charge in [0.1, 0.15) is 0 Å². The molecule has 1 rings (SSSR count). The van der Waals surface area contributed by atoms with Crippen molar-refractivity contribution in [3.05, 3.63) is 35.9 Å². The zero-order valence-electron chi connectivity index (χ0n) is 10.3. The van der Waals surface area contributed by atoms with Gasteiger partial charge in [-0.1, -0.05) is 30.3 Å². The Morgan fingerprint density at radius 3 is 2.29 bits per heavy atom. The lowest BCUT2D eigenvalue weighted by Gasteiger charge is -2.17. The maximum atomic E-state index is 11.7. The Morgan fingerprint density at radius 1 is 1.18 bits per heavy atom. The number of hydrogen-bond acceptors (Lipinski definition) is 3. The lowest BCUT2D eigenvalue weighted by molar-refractivity contribution is -0.152. The fourth-order valence-corrected chi connectivity index (χ4v) is 1.46. The second-order valence-corrected chi connectivity index (χ2v) is 3.89. The van der Waals surface area contributed by atoms with Crippen LogP contribution in [0.1, 0.15) is 32.4 Å². The Balaban J connectivity index is 2.54. The molecule has 1 aromatic rings. The number of carbonyl (C=O) groups excluding carboxylic acids is 2. The van der Waals surface area contributed by atoms with Gasteiger partial charge >= 0.3 is 5.97 Å². The molecule has 0 saturated carbocycles. The molecular weight excluding hydrogens is 218 g/mol. The molecule has 0 aliphatic heterocycles. The second kappa shape index (κ2) is 6.03. The lowest BCUT2D eigenvalue weighted by Crippen LogP contribution is -2.36. The van der Waals surface area contributed by atoms with Gasteiger partial charge in [0.2, 0.25) is 0 Å². The summed E-state index contributed by atoms with van der Waals surface area (Å²) >= 11 is 0. The molecule has 92 valence electrons. The van der Waals surface area contributed by atoms with Gasteiger partial charge in [0.25, 0.3) is 5.91 Å². The first-order valence-corrected chi connectivity index (χ1v) is 5.53. The molecule has 0 aliphatic rings. The summed E-state index contributed by atoms with van der Waals surface area (Å²) in [6, 6.07) is 9.49. The minimum absolute atomic E-state index is 0.110. The number of ether oxygens (including phenoxy) is 1. The van der Waals surface area contributed by atoms with Gasteiger partial charge in [0.05, 0.1) is 6.04 Å². The number of esters is 1. The van der Waals surface area contributed by atoms with Crippen molar-refractivity contribution in [1.82, 2.24) is 5.32 Å². The van der Waals surface area contributed by atoms with Crippen LogP contribution in [-0.2, 0) is 14.3 Å². The molecular formula is C13H17NO3. The summed E-state index contributed by atoms with van der Waals surface area (Å²) in [4.78, 5) is 22.4. The van der Waals surface area contributed by atoms with E-state index >= 15 is 0 Å². The van der Waals surface area contributed by atoms with Crippen molar-refractivity contribution < 1.29 is 14.3 Å². The van der Waals surface area contributed by atoms with E-state index in [2.05, 4.69) is 5.32 Å². The van der Waals surface area contributed by atoms with Crippen molar-refractivity contribution in [2.45, 2.75) is 32.9 Å². The first-order chi connectivity index (χ1) is 8.00. The maximum Gasteiger partial charge on any atom is 0.303 e. The molecule has 0 radical (unpaired) electrons. The number of amides is 1. The van der Waals surface area contributed by atoms with Crippen LogP contribution in [0.4, 0.5) is 0 Å². The molecule has 1 N–H and O–H groups in total. The normalized spacial score (nSPS) is 13.6. The van der Waals surface area contributed by atoms with Crippen LogP contribution in [-0.4, -0.2) is 18.0 Å². The Hall–Kier alpha value is -1.84. The first-order valence-electron chi connectivity index (χ1n) is 5.53. The predicted molar refractivity (Wildman–Crippen MR) is 64.2 cm³/mol. The molecule has 0 aliphatic carbocycles. The van der Waals surface area contributed by atoms with E-state index in [9.17, 15) is 9.59 Å². The van der Waals surface area contributed by atoms with E-state index in [0.717, 1.165) is 5.56 Å². The Labute approximate surface area is 101 Å². The van der Waals surface area contributed by atoms with Gasteiger partial charge in [-0.3, -0.25) is 9.59 Å². The summed E-state index contributed by atoms with van der Waals surface area (Å²) in [6.07, 6.45) is -0.765. The zero-order chi connectivity index (χ0) is 12.8. The minimum atomic E-state index is -0.765. The van der Waals surface area contributed by atoms with Crippen molar-refractivity contribution in [1.29, 1.82) is 0 Å². The summed E-state index contributed by atoms with van der Waals surface area (Å²) in [7, 11) is 0. The van der Waals surface area contributed by atoms with Gasteiger partial charge in [0.15, 0.2) is 6.10 Å². The van der Waals surface area contributed by atoms with Gasteiger partial charge in [-0.2, -0.15) is 0 Å². The van der Waals surface area contributed by atoms with Gasteiger partial charge in [0, 0.05) is 6.92 Å². The number of nitrogens with one attached hydrogen (secondary N) is 1. The number of benzene rings is 1. The Kier molecular flexibility index (Phi) is 4.69. The van der Waals surface area contributed by atoms with E-state index in [-0.39, 0.29) is 11.9 Å². The molecule has 17 heavy (non-hydrogen) atoms. The SMILES string of the molecule is CC(=O)O[C@H](C)C(=O)N[C@H](C)c1ccccc1. The quantitative estimate of drug-likeness (QED) is 0.810. The van der Waals surface area contributed by atoms with Crippen LogP contribution in [0, 0.1) is 0 Å². The number of rotatable bonds is 4. The highest BCUT2D eigenvalue weighted by atomic mass is 16.5. The van der Waals surface area contributed by atoms with Gasteiger partial charge < -0.3 is 10.1 Å². The molecule has 1 aromatic carbocycles. The fraction of sp³-hybridized carbons (Fsp3) is 0.385. The van der Waals surface area contributed by atoms with E-state index in [1.165, 1.54) is 6.92 Å². The minimum Gasteiger partial charge on any atom is -0.453 e. The van der Waals surface area contributed by atoms with Crippen molar-refractivity contribution in [2.24, 2.45) is 0 Å². The average molecular weight is 235 g/mol. The van der Waals surface area contributed by atoms with E-state index in [0.29, 0.717) is 0 Å². The van der Waals surface area contributed by atoms with E-state index in [1.807, 2.05) is 37.3 Å². The van der Waals surface area contributed by atoms with Crippen molar-refractivity contribution in [3.8, 4) is 0 Å². The molecule has 2 atom stereocenters. The van der Waals surface area contributed by atoms with Gasteiger partial charge in [-0.25, -0.2) is 0 Å².